The highest BCUT2D eigenvalue weighted by Gasteiger charge is 2.25. The molecule has 0 aromatic heterocycles. The molecule has 2 saturated heterocycles. The van der Waals surface area contributed by atoms with E-state index in [9.17, 15) is 4.79 Å². The number of likely N-dealkylation sites (tertiary alicyclic amines) is 2. The fraction of sp³-hybridized carbons (Fsp3) is 0.938. The third kappa shape index (κ3) is 4.74. The Morgan fingerprint density at radius 2 is 1.70 bits per heavy atom. The van der Waals surface area contributed by atoms with E-state index in [1.165, 1.54) is 51.9 Å². The summed E-state index contributed by atoms with van der Waals surface area (Å²) in [5.74, 6) is 1.93. The first-order chi connectivity index (χ1) is 9.69. The molecule has 0 radical (unpaired) electrons. The number of nitrogens with zero attached hydrogens (tertiary/aromatic N) is 2. The fourth-order valence-electron chi connectivity index (χ4n) is 3.52. The summed E-state index contributed by atoms with van der Waals surface area (Å²) >= 11 is 0. The van der Waals surface area contributed by atoms with Crippen LogP contribution in [0.25, 0.3) is 0 Å². The summed E-state index contributed by atoms with van der Waals surface area (Å²) in [7, 11) is 0. The van der Waals surface area contributed by atoms with Crippen LogP contribution < -0.4 is 5.32 Å². The molecule has 0 aliphatic carbocycles. The molecule has 20 heavy (non-hydrogen) atoms. The van der Waals surface area contributed by atoms with Crippen molar-refractivity contribution < 1.29 is 6.22 Å². The number of rotatable bonds is 5. The second-order valence-electron chi connectivity index (χ2n) is 6.50. The predicted octanol–water partition coefficient (Wildman–Crippen LogP) is 1.81. The Balaban J connectivity index is 0.00000220. The van der Waals surface area contributed by atoms with Gasteiger partial charge in [-0.3, -0.25) is 4.79 Å². The smallest absolute Gasteiger partial charge is 0.219 e. The zero-order valence-electron chi connectivity index (χ0n) is 13.2. The van der Waals surface area contributed by atoms with Crippen LogP contribution in [0.4, 0.5) is 0 Å². The van der Waals surface area contributed by atoms with Crippen LogP contribution in [0.1, 0.15) is 41.0 Å². The Labute approximate surface area is 125 Å². The molecule has 0 bridgehead atoms. The Morgan fingerprint density at radius 1 is 1.10 bits per heavy atom. The summed E-state index contributed by atoms with van der Waals surface area (Å²) in [6, 6.07) is 0. The van der Waals surface area contributed by atoms with Crippen LogP contribution in [0.5, 0.6) is 0 Å². The van der Waals surface area contributed by atoms with Crippen LogP contribution in [0.15, 0.2) is 0 Å². The lowest BCUT2D eigenvalue weighted by Gasteiger charge is -2.37. The quantitative estimate of drug-likeness (QED) is 0.836. The summed E-state index contributed by atoms with van der Waals surface area (Å²) in [5, 5.41) is 3.47. The van der Waals surface area contributed by atoms with E-state index < -0.39 is 0 Å². The van der Waals surface area contributed by atoms with Gasteiger partial charge in [-0.15, -0.1) is 0 Å². The van der Waals surface area contributed by atoms with Crippen molar-refractivity contribution in [3.05, 3.63) is 0 Å². The van der Waals surface area contributed by atoms with Crippen molar-refractivity contribution in [2.75, 3.05) is 45.8 Å². The number of amides is 1. The number of hydrogen-bond donors (Lipinski definition) is 1. The first kappa shape index (κ1) is 15.8. The molecule has 0 spiro atoms. The van der Waals surface area contributed by atoms with Crippen LogP contribution in [-0.4, -0.2) is 61.5 Å². The summed E-state index contributed by atoms with van der Waals surface area (Å²) < 4.78 is 0. The number of carbonyl (C=O) groups excluding carboxylic acids is 1. The lowest BCUT2D eigenvalue weighted by atomic mass is 9.92. The van der Waals surface area contributed by atoms with E-state index in [0.717, 1.165) is 31.5 Å². The normalized spacial score (nSPS) is 23.2. The minimum Gasteiger partial charge on any atom is -0.343 e. The molecule has 2 aliphatic heterocycles. The SMILES string of the molecule is CCNCC1CCN(CC2CCN(C(C)=O)CC2)CC1.[HH]. The molecular formula is C16H33N3O. The Hall–Kier alpha value is -0.610. The molecule has 2 rings (SSSR count). The van der Waals surface area contributed by atoms with Gasteiger partial charge in [0, 0.05) is 28.0 Å². The van der Waals surface area contributed by atoms with Gasteiger partial charge in [-0.25, -0.2) is 0 Å². The summed E-state index contributed by atoms with van der Waals surface area (Å²) in [4.78, 5) is 16.0. The van der Waals surface area contributed by atoms with Crippen molar-refractivity contribution in [2.24, 2.45) is 11.8 Å². The summed E-state index contributed by atoms with van der Waals surface area (Å²) in [6.45, 7) is 11.9. The molecule has 4 heteroatoms. The van der Waals surface area contributed by atoms with Crippen molar-refractivity contribution in [3.8, 4) is 0 Å². The van der Waals surface area contributed by atoms with Crippen molar-refractivity contribution >= 4 is 5.91 Å². The van der Waals surface area contributed by atoms with Crippen LogP contribution in [0, 0.1) is 11.8 Å². The molecule has 0 atom stereocenters. The van der Waals surface area contributed by atoms with E-state index in [4.69, 9.17) is 0 Å². The second-order valence-corrected chi connectivity index (χ2v) is 6.50. The van der Waals surface area contributed by atoms with Crippen LogP contribution in [-0.2, 0) is 4.79 Å². The first-order valence-corrected chi connectivity index (χ1v) is 8.37. The van der Waals surface area contributed by atoms with Crippen LogP contribution in [0.2, 0.25) is 0 Å². The van der Waals surface area contributed by atoms with E-state index in [0.29, 0.717) is 0 Å². The maximum atomic E-state index is 11.3. The van der Waals surface area contributed by atoms with Gasteiger partial charge in [-0.1, -0.05) is 6.92 Å². The lowest BCUT2D eigenvalue weighted by Crippen LogP contribution is -2.43. The molecule has 4 nitrogen and oxygen atoms in total. The van der Waals surface area contributed by atoms with Gasteiger partial charge in [0.25, 0.3) is 0 Å². The van der Waals surface area contributed by atoms with Crippen LogP contribution in [0.3, 0.4) is 0 Å². The largest absolute Gasteiger partial charge is 0.343 e. The minimum atomic E-state index is 0. The molecule has 118 valence electrons. The van der Waals surface area contributed by atoms with Gasteiger partial charge in [0.2, 0.25) is 5.91 Å². The van der Waals surface area contributed by atoms with Gasteiger partial charge in [0.1, 0.15) is 0 Å². The molecule has 0 unspecified atom stereocenters. The second kappa shape index (κ2) is 7.99. The van der Waals surface area contributed by atoms with E-state index in [1.54, 1.807) is 6.92 Å². The highest BCUT2D eigenvalue weighted by molar-refractivity contribution is 5.73. The van der Waals surface area contributed by atoms with Gasteiger partial charge < -0.3 is 15.1 Å². The van der Waals surface area contributed by atoms with Gasteiger partial charge in [0.05, 0.1) is 0 Å². The van der Waals surface area contributed by atoms with Crippen molar-refractivity contribution in [1.29, 1.82) is 0 Å². The molecule has 1 amide bonds. The third-order valence-electron chi connectivity index (χ3n) is 4.97. The van der Waals surface area contributed by atoms with E-state index >= 15 is 0 Å². The number of nitrogens with one attached hydrogen (secondary N) is 1. The van der Waals surface area contributed by atoms with E-state index in [-0.39, 0.29) is 7.33 Å². The topological polar surface area (TPSA) is 35.6 Å². The standard InChI is InChI=1S/C16H31N3O.H2/c1-3-17-12-15-4-8-18(9-5-15)13-16-6-10-19(11-7-16)14(2)20;/h15-17H,3-13H2,1-2H3;1H. The minimum absolute atomic E-state index is 0. The molecule has 1 N–H and O–H groups in total. The monoisotopic (exact) mass is 283 g/mol. The third-order valence-corrected chi connectivity index (χ3v) is 4.97. The highest BCUT2D eigenvalue weighted by Crippen LogP contribution is 2.22. The van der Waals surface area contributed by atoms with Crippen molar-refractivity contribution in [1.82, 2.24) is 15.1 Å². The van der Waals surface area contributed by atoms with Gasteiger partial charge >= 0.3 is 0 Å². The maximum Gasteiger partial charge on any atom is 0.219 e. The van der Waals surface area contributed by atoms with Gasteiger partial charge in [-0.2, -0.15) is 0 Å². The zero-order chi connectivity index (χ0) is 14.4. The van der Waals surface area contributed by atoms with E-state index in [2.05, 4.69) is 17.1 Å². The number of carbonyl (C=O) groups is 1. The van der Waals surface area contributed by atoms with Crippen molar-refractivity contribution in [2.45, 2.75) is 39.5 Å². The van der Waals surface area contributed by atoms with Crippen molar-refractivity contribution in [3.63, 3.8) is 0 Å². The number of hydrogen-bond acceptors (Lipinski definition) is 3. The molecular weight excluding hydrogens is 250 g/mol. The molecule has 0 aromatic carbocycles. The Morgan fingerprint density at radius 3 is 2.25 bits per heavy atom. The number of piperidine rings is 2. The maximum absolute atomic E-state index is 11.3. The molecule has 2 fully saturated rings. The summed E-state index contributed by atoms with van der Waals surface area (Å²) in [6.07, 6.45) is 5.08. The average Bonchev–Trinajstić information content (AvgIpc) is 2.47. The zero-order valence-corrected chi connectivity index (χ0v) is 13.2. The first-order valence-electron chi connectivity index (χ1n) is 8.37. The molecule has 2 heterocycles. The van der Waals surface area contributed by atoms with Crippen LogP contribution >= 0.6 is 0 Å². The average molecular weight is 283 g/mol. The molecule has 0 saturated carbocycles. The Kier molecular flexibility index (Phi) is 6.30. The van der Waals surface area contributed by atoms with E-state index in [1.807, 2.05) is 4.90 Å². The Bertz CT molecular complexity index is 298. The van der Waals surface area contributed by atoms with Gasteiger partial charge in [-0.05, 0) is 63.7 Å². The lowest BCUT2D eigenvalue weighted by molar-refractivity contribution is -0.130. The predicted molar refractivity (Wildman–Crippen MR) is 84.8 cm³/mol. The molecule has 2 aliphatic rings. The van der Waals surface area contributed by atoms with Gasteiger partial charge in [0.15, 0.2) is 0 Å². The summed E-state index contributed by atoms with van der Waals surface area (Å²) in [5.41, 5.74) is 0. The fourth-order valence-corrected chi connectivity index (χ4v) is 3.52. The highest BCUT2D eigenvalue weighted by atomic mass is 16.2. The molecule has 0 aromatic rings.